The molecule has 2 amide bonds. The summed E-state index contributed by atoms with van der Waals surface area (Å²) in [5.74, 6) is -0.634. The average molecular weight is 332 g/mol. The van der Waals surface area contributed by atoms with Crippen LogP contribution < -0.4 is 10.6 Å². The molecule has 5 nitrogen and oxygen atoms in total. The van der Waals surface area contributed by atoms with Gasteiger partial charge in [-0.1, -0.05) is 17.7 Å². The first kappa shape index (κ1) is 17.0. The van der Waals surface area contributed by atoms with Crippen LogP contribution in [-0.4, -0.2) is 22.8 Å². The van der Waals surface area contributed by atoms with Crippen LogP contribution in [-0.2, 0) is 0 Å². The Labute approximate surface area is 140 Å². The maximum Gasteiger partial charge on any atom is 0.270 e. The number of hydrogen-bond acceptors (Lipinski definition) is 3. The first-order valence-corrected chi connectivity index (χ1v) is 7.59. The molecule has 6 heteroatoms. The fourth-order valence-electron chi connectivity index (χ4n) is 1.96. The highest BCUT2D eigenvalue weighted by atomic mass is 35.5. The molecular weight excluding hydrogens is 314 g/mol. The Hall–Kier alpha value is -2.40. The Morgan fingerprint density at radius 3 is 2.57 bits per heavy atom. The summed E-state index contributed by atoms with van der Waals surface area (Å²) in [4.78, 5) is 28.3. The zero-order valence-electron chi connectivity index (χ0n) is 13.2. The number of anilines is 1. The molecular formula is C17H18ClN3O2. The predicted molar refractivity (Wildman–Crippen MR) is 91.0 cm³/mol. The summed E-state index contributed by atoms with van der Waals surface area (Å²) >= 11 is 5.95. The lowest BCUT2D eigenvalue weighted by atomic mass is 10.1. The Balaban J connectivity index is 2.20. The maximum absolute atomic E-state index is 12.4. The summed E-state index contributed by atoms with van der Waals surface area (Å²) in [5, 5.41) is 6.07. The highest BCUT2D eigenvalue weighted by Gasteiger charge is 2.13. The number of rotatable bonds is 4. The van der Waals surface area contributed by atoms with E-state index in [1.165, 1.54) is 12.3 Å². The van der Waals surface area contributed by atoms with Crippen LogP contribution in [0, 0.1) is 6.92 Å². The van der Waals surface area contributed by atoms with E-state index in [9.17, 15) is 9.59 Å². The fraction of sp³-hybridized carbons (Fsp3) is 0.235. The van der Waals surface area contributed by atoms with Gasteiger partial charge in [0, 0.05) is 28.5 Å². The zero-order chi connectivity index (χ0) is 17.0. The van der Waals surface area contributed by atoms with E-state index in [-0.39, 0.29) is 23.6 Å². The molecule has 1 aromatic heterocycles. The van der Waals surface area contributed by atoms with Gasteiger partial charge in [0.05, 0.1) is 0 Å². The number of amides is 2. The standard InChI is InChI=1S/C17H18ClN3O2/c1-10(2)20-17(23)15-8-12(6-7-19-15)16(22)21-14-9-13(18)5-4-11(14)3/h4-10H,1-3H3,(H,20,23)(H,21,22). The Morgan fingerprint density at radius 2 is 1.87 bits per heavy atom. The van der Waals surface area contributed by atoms with Gasteiger partial charge in [-0.2, -0.15) is 0 Å². The number of aromatic nitrogens is 1. The second-order valence-corrected chi connectivity index (χ2v) is 5.91. The van der Waals surface area contributed by atoms with Crippen LogP contribution in [0.2, 0.25) is 5.02 Å². The molecule has 0 saturated carbocycles. The zero-order valence-corrected chi connectivity index (χ0v) is 13.9. The van der Waals surface area contributed by atoms with E-state index in [1.807, 2.05) is 26.8 Å². The second-order valence-electron chi connectivity index (χ2n) is 5.47. The Morgan fingerprint density at radius 1 is 1.13 bits per heavy atom. The van der Waals surface area contributed by atoms with Crippen LogP contribution in [0.4, 0.5) is 5.69 Å². The highest BCUT2D eigenvalue weighted by molar-refractivity contribution is 6.31. The van der Waals surface area contributed by atoms with E-state index in [1.54, 1.807) is 18.2 Å². The lowest BCUT2D eigenvalue weighted by molar-refractivity contribution is 0.0938. The minimum atomic E-state index is -0.323. The van der Waals surface area contributed by atoms with Crippen LogP contribution >= 0.6 is 11.6 Å². The molecule has 1 aromatic carbocycles. The predicted octanol–water partition coefficient (Wildman–Crippen LogP) is 3.43. The number of carbonyl (C=O) groups is 2. The van der Waals surface area contributed by atoms with Gasteiger partial charge in [-0.3, -0.25) is 14.6 Å². The molecule has 0 unspecified atom stereocenters. The first-order valence-electron chi connectivity index (χ1n) is 7.21. The molecule has 2 rings (SSSR count). The number of nitrogens with zero attached hydrogens (tertiary/aromatic N) is 1. The normalized spacial score (nSPS) is 10.5. The van der Waals surface area contributed by atoms with E-state index in [0.29, 0.717) is 16.3 Å². The molecule has 0 aliphatic rings. The monoisotopic (exact) mass is 331 g/mol. The third-order valence-corrected chi connectivity index (χ3v) is 3.36. The number of pyridine rings is 1. The topological polar surface area (TPSA) is 71.1 Å². The van der Waals surface area contributed by atoms with Gasteiger partial charge in [0.15, 0.2) is 0 Å². The van der Waals surface area contributed by atoms with E-state index in [4.69, 9.17) is 11.6 Å². The van der Waals surface area contributed by atoms with E-state index >= 15 is 0 Å². The van der Waals surface area contributed by atoms with Crippen molar-refractivity contribution in [3.8, 4) is 0 Å². The van der Waals surface area contributed by atoms with Crippen molar-refractivity contribution < 1.29 is 9.59 Å². The van der Waals surface area contributed by atoms with E-state index in [2.05, 4.69) is 15.6 Å². The summed E-state index contributed by atoms with van der Waals surface area (Å²) in [6, 6.07) is 8.28. The molecule has 2 aromatic rings. The summed E-state index contributed by atoms with van der Waals surface area (Å²) in [5.41, 5.74) is 2.09. The van der Waals surface area contributed by atoms with Crippen LogP contribution in [0.3, 0.4) is 0 Å². The average Bonchev–Trinajstić information content (AvgIpc) is 2.50. The van der Waals surface area contributed by atoms with Gasteiger partial charge in [-0.25, -0.2) is 0 Å². The summed E-state index contributed by atoms with van der Waals surface area (Å²) < 4.78 is 0. The molecule has 0 fully saturated rings. The number of aryl methyl sites for hydroxylation is 1. The Bertz CT molecular complexity index is 744. The van der Waals surface area contributed by atoms with Crippen molar-refractivity contribution in [1.29, 1.82) is 0 Å². The number of halogens is 1. The van der Waals surface area contributed by atoms with Crippen LogP contribution in [0.25, 0.3) is 0 Å². The van der Waals surface area contributed by atoms with E-state index in [0.717, 1.165) is 5.56 Å². The summed E-state index contributed by atoms with van der Waals surface area (Å²) in [7, 11) is 0. The molecule has 1 heterocycles. The van der Waals surface area contributed by atoms with Gasteiger partial charge in [-0.15, -0.1) is 0 Å². The molecule has 0 spiro atoms. The fourth-order valence-corrected chi connectivity index (χ4v) is 2.13. The van der Waals surface area contributed by atoms with Crippen molar-refractivity contribution in [3.05, 3.63) is 58.4 Å². The SMILES string of the molecule is Cc1ccc(Cl)cc1NC(=O)c1ccnc(C(=O)NC(C)C)c1. The van der Waals surface area contributed by atoms with Crippen molar-refractivity contribution in [1.82, 2.24) is 10.3 Å². The number of benzene rings is 1. The third kappa shape index (κ3) is 4.53. The molecule has 23 heavy (non-hydrogen) atoms. The van der Waals surface area contributed by atoms with Gasteiger partial charge in [0.25, 0.3) is 11.8 Å². The molecule has 0 atom stereocenters. The van der Waals surface area contributed by atoms with Crippen LogP contribution in [0.5, 0.6) is 0 Å². The van der Waals surface area contributed by atoms with Crippen LogP contribution in [0.15, 0.2) is 36.5 Å². The van der Waals surface area contributed by atoms with Gasteiger partial charge in [0.2, 0.25) is 0 Å². The Kier molecular flexibility index (Phi) is 5.34. The maximum atomic E-state index is 12.4. The quantitative estimate of drug-likeness (QED) is 0.901. The second kappa shape index (κ2) is 7.24. The third-order valence-electron chi connectivity index (χ3n) is 3.12. The molecule has 0 saturated heterocycles. The number of carbonyl (C=O) groups excluding carboxylic acids is 2. The van der Waals surface area contributed by atoms with Crippen molar-refractivity contribution in [3.63, 3.8) is 0 Å². The van der Waals surface area contributed by atoms with Crippen molar-refractivity contribution in [2.75, 3.05) is 5.32 Å². The summed E-state index contributed by atoms with van der Waals surface area (Å²) in [6.07, 6.45) is 1.44. The minimum absolute atomic E-state index is 0.00380. The molecule has 0 bridgehead atoms. The number of hydrogen-bond donors (Lipinski definition) is 2. The first-order chi connectivity index (χ1) is 10.9. The molecule has 0 aliphatic heterocycles. The van der Waals surface area contributed by atoms with Gasteiger partial charge in [0.1, 0.15) is 5.69 Å². The smallest absolute Gasteiger partial charge is 0.270 e. The lowest BCUT2D eigenvalue weighted by Gasteiger charge is -2.10. The number of nitrogens with one attached hydrogen (secondary N) is 2. The highest BCUT2D eigenvalue weighted by Crippen LogP contribution is 2.20. The minimum Gasteiger partial charge on any atom is -0.349 e. The molecule has 0 radical (unpaired) electrons. The van der Waals surface area contributed by atoms with Gasteiger partial charge >= 0.3 is 0 Å². The van der Waals surface area contributed by atoms with Gasteiger partial charge in [-0.05, 0) is 50.6 Å². The largest absolute Gasteiger partial charge is 0.349 e. The lowest BCUT2D eigenvalue weighted by Crippen LogP contribution is -2.31. The molecule has 0 aliphatic carbocycles. The molecule has 2 N–H and O–H groups in total. The van der Waals surface area contributed by atoms with Crippen molar-refractivity contribution in [2.45, 2.75) is 26.8 Å². The van der Waals surface area contributed by atoms with Crippen molar-refractivity contribution >= 4 is 29.1 Å². The van der Waals surface area contributed by atoms with Crippen molar-refractivity contribution in [2.24, 2.45) is 0 Å². The van der Waals surface area contributed by atoms with Gasteiger partial charge < -0.3 is 10.6 Å². The summed E-state index contributed by atoms with van der Waals surface area (Å²) in [6.45, 7) is 5.59. The van der Waals surface area contributed by atoms with E-state index < -0.39 is 0 Å². The van der Waals surface area contributed by atoms with Crippen LogP contribution in [0.1, 0.15) is 40.3 Å². The molecule has 120 valence electrons.